The predicted molar refractivity (Wildman–Crippen MR) is 121 cm³/mol. The Morgan fingerprint density at radius 2 is 1.67 bits per heavy atom. The van der Waals surface area contributed by atoms with E-state index in [-0.39, 0.29) is 28.3 Å². The van der Waals surface area contributed by atoms with Crippen LogP contribution in [0.25, 0.3) is 0 Å². The molecule has 3 rings (SSSR count). The summed E-state index contributed by atoms with van der Waals surface area (Å²) in [7, 11) is 0. The number of para-hydroxylation sites is 2. The number of rotatable bonds is 7. The number of hydrogen-bond acceptors (Lipinski definition) is 3. The lowest BCUT2D eigenvalue weighted by molar-refractivity contribution is -0.117. The Balaban J connectivity index is 1.76. The van der Waals surface area contributed by atoms with Crippen molar-refractivity contribution in [3.05, 3.63) is 88.9 Å². The van der Waals surface area contributed by atoms with Crippen LogP contribution >= 0.6 is 11.6 Å². The van der Waals surface area contributed by atoms with Crippen molar-refractivity contribution < 1.29 is 14.3 Å². The van der Waals surface area contributed by atoms with E-state index in [9.17, 15) is 9.59 Å². The van der Waals surface area contributed by atoms with Gasteiger partial charge in [0.25, 0.3) is 5.91 Å². The van der Waals surface area contributed by atoms with Crippen LogP contribution in [0.2, 0.25) is 5.02 Å². The first-order chi connectivity index (χ1) is 14.5. The Labute approximate surface area is 181 Å². The third kappa shape index (κ3) is 5.19. The number of halogens is 1. The van der Waals surface area contributed by atoms with E-state index in [2.05, 4.69) is 10.6 Å². The molecule has 0 aliphatic heterocycles. The normalized spacial score (nSPS) is 11.4. The van der Waals surface area contributed by atoms with E-state index in [1.165, 1.54) is 0 Å². The molecule has 1 atom stereocenters. The van der Waals surface area contributed by atoms with Gasteiger partial charge in [-0.3, -0.25) is 9.59 Å². The third-order valence-electron chi connectivity index (χ3n) is 4.61. The summed E-state index contributed by atoms with van der Waals surface area (Å²) in [6.45, 7) is 4.19. The number of hydrogen-bond donors (Lipinski definition) is 2. The number of benzene rings is 3. The average molecular weight is 423 g/mol. The fourth-order valence-electron chi connectivity index (χ4n) is 2.96. The van der Waals surface area contributed by atoms with Gasteiger partial charge in [-0.15, -0.1) is 0 Å². The lowest BCUT2D eigenvalue weighted by Crippen LogP contribution is -2.19. The Kier molecular flexibility index (Phi) is 7.09. The molecule has 0 heterocycles. The molecule has 2 N–H and O–H groups in total. The first kappa shape index (κ1) is 21.4. The van der Waals surface area contributed by atoms with E-state index < -0.39 is 0 Å². The molecule has 3 aromatic carbocycles. The summed E-state index contributed by atoms with van der Waals surface area (Å²) in [5, 5.41) is 5.96. The fraction of sp³-hybridized carbons (Fsp3) is 0.167. The van der Waals surface area contributed by atoms with Crippen LogP contribution < -0.4 is 15.4 Å². The number of nitrogens with one attached hydrogen (secondary N) is 2. The number of carbonyl (C=O) groups is 2. The summed E-state index contributed by atoms with van der Waals surface area (Å²) < 4.78 is 5.54. The second-order valence-electron chi connectivity index (χ2n) is 6.70. The van der Waals surface area contributed by atoms with Crippen molar-refractivity contribution in [1.29, 1.82) is 0 Å². The second kappa shape index (κ2) is 9.94. The van der Waals surface area contributed by atoms with Crippen LogP contribution in [0.1, 0.15) is 35.7 Å². The summed E-state index contributed by atoms with van der Waals surface area (Å²) in [5.41, 5.74) is 2.21. The minimum atomic E-state index is -0.389. The van der Waals surface area contributed by atoms with Crippen molar-refractivity contribution in [2.24, 2.45) is 0 Å². The molecule has 154 valence electrons. The molecule has 5 nitrogen and oxygen atoms in total. The first-order valence-corrected chi connectivity index (χ1v) is 10.1. The zero-order chi connectivity index (χ0) is 21.5. The van der Waals surface area contributed by atoms with Gasteiger partial charge in [-0.1, -0.05) is 54.1 Å². The highest BCUT2D eigenvalue weighted by Gasteiger charge is 2.18. The van der Waals surface area contributed by atoms with Crippen molar-refractivity contribution in [1.82, 2.24) is 0 Å². The molecular formula is C24H23ClN2O3. The van der Waals surface area contributed by atoms with Crippen LogP contribution in [-0.4, -0.2) is 18.4 Å². The highest BCUT2D eigenvalue weighted by atomic mass is 35.5. The smallest absolute Gasteiger partial charge is 0.257 e. The standard InChI is InChI=1S/C24H23ClN2O3/c1-3-30-22-12-8-7-11-21(22)27-24(29)19-15-18(13-14-20(19)25)26-23(28)16(2)17-9-5-4-6-10-17/h4-16H,3H2,1-2H3,(H,26,28)(H,27,29)/t16-/m1/s1. The van der Waals surface area contributed by atoms with Gasteiger partial charge < -0.3 is 15.4 Å². The maximum absolute atomic E-state index is 12.8. The van der Waals surface area contributed by atoms with Crippen LogP contribution in [-0.2, 0) is 4.79 Å². The Hall–Kier alpha value is -3.31. The largest absolute Gasteiger partial charge is 0.492 e. The molecule has 0 saturated carbocycles. The summed E-state index contributed by atoms with van der Waals surface area (Å²) in [4.78, 5) is 25.4. The van der Waals surface area contributed by atoms with Crippen LogP contribution in [0.5, 0.6) is 5.75 Å². The van der Waals surface area contributed by atoms with Gasteiger partial charge in [0.05, 0.1) is 28.8 Å². The molecule has 0 unspecified atom stereocenters. The Bertz CT molecular complexity index is 1040. The first-order valence-electron chi connectivity index (χ1n) is 9.68. The maximum atomic E-state index is 12.8. The highest BCUT2D eigenvalue weighted by Crippen LogP contribution is 2.27. The van der Waals surface area contributed by atoms with E-state index in [0.717, 1.165) is 5.56 Å². The van der Waals surface area contributed by atoms with E-state index in [1.807, 2.05) is 50.2 Å². The molecule has 0 fully saturated rings. The van der Waals surface area contributed by atoms with E-state index in [4.69, 9.17) is 16.3 Å². The van der Waals surface area contributed by atoms with Gasteiger partial charge in [0, 0.05) is 5.69 Å². The summed E-state index contributed by atoms with van der Waals surface area (Å²) in [6, 6.07) is 21.5. The molecule has 30 heavy (non-hydrogen) atoms. The average Bonchev–Trinajstić information content (AvgIpc) is 2.76. The molecule has 2 amide bonds. The number of ether oxygens (including phenoxy) is 1. The summed E-state index contributed by atoms with van der Waals surface area (Å²) in [5.74, 6) is -0.321. The van der Waals surface area contributed by atoms with Crippen LogP contribution in [0, 0.1) is 0 Å². The molecule has 0 bridgehead atoms. The van der Waals surface area contributed by atoms with Crippen molar-refractivity contribution in [2.45, 2.75) is 19.8 Å². The zero-order valence-electron chi connectivity index (χ0n) is 16.8. The molecule has 6 heteroatoms. The monoisotopic (exact) mass is 422 g/mol. The van der Waals surface area contributed by atoms with Gasteiger partial charge in [0.1, 0.15) is 5.75 Å². The van der Waals surface area contributed by atoms with Crippen molar-refractivity contribution in [3.8, 4) is 5.75 Å². The van der Waals surface area contributed by atoms with Crippen molar-refractivity contribution in [2.75, 3.05) is 17.2 Å². The molecule has 0 aliphatic rings. The van der Waals surface area contributed by atoms with Gasteiger partial charge in [-0.05, 0) is 49.7 Å². The van der Waals surface area contributed by atoms with Gasteiger partial charge in [-0.25, -0.2) is 0 Å². The van der Waals surface area contributed by atoms with E-state index in [0.29, 0.717) is 23.7 Å². The molecule has 0 aromatic heterocycles. The van der Waals surface area contributed by atoms with Gasteiger partial charge in [0.15, 0.2) is 0 Å². The van der Waals surface area contributed by atoms with Crippen LogP contribution in [0.15, 0.2) is 72.8 Å². The van der Waals surface area contributed by atoms with Gasteiger partial charge >= 0.3 is 0 Å². The number of anilines is 2. The minimum absolute atomic E-state index is 0.170. The predicted octanol–water partition coefficient (Wildman–Crippen LogP) is 5.73. The molecule has 0 saturated heterocycles. The summed E-state index contributed by atoms with van der Waals surface area (Å²) in [6.07, 6.45) is 0. The molecule has 0 aliphatic carbocycles. The zero-order valence-corrected chi connectivity index (χ0v) is 17.6. The SMILES string of the molecule is CCOc1ccccc1NC(=O)c1cc(NC(=O)[C@H](C)c2ccccc2)ccc1Cl. The Morgan fingerprint density at radius 3 is 2.40 bits per heavy atom. The highest BCUT2D eigenvalue weighted by molar-refractivity contribution is 6.34. The van der Waals surface area contributed by atoms with E-state index >= 15 is 0 Å². The number of carbonyl (C=O) groups excluding carboxylic acids is 2. The van der Waals surface area contributed by atoms with Gasteiger partial charge in [-0.2, -0.15) is 0 Å². The van der Waals surface area contributed by atoms with Crippen molar-refractivity contribution >= 4 is 34.8 Å². The van der Waals surface area contributed by atoms with Crippen LogP contribution in [0.3, 0.4) is 0 Å². The van der Waals surface area contributed by atoms with Gasteiger partial charge in [0.2, 0.25) is 5.91 Å². The Morgan fingerprint density at radius 1 is 0.967 bits per heavy atom. The number of amides is 2. The lowest BCUT2D eigenvalue weighted by Gasteiger charge is -2.15. The maximum Gasteiger partial charge on any atom is 0.257 e. The second-order valence-corrected chi connectivity index (χ2v) is 7.11. The van der Waals surface area contributed by atoms with Crippen LogP contribution in [0.4, 0.5) is 11.4 Å². The molecule has 0 radical (unpaired) electrons. The van der Waals surface area contributed by atoms with E-state index in [1.54, 1.807) is 36.4 Å². The molecule has 0 spiro atoms. The summed E-state index contributed by atoms with van der Waals surface area (Å²) >= 11 is 6.25. The lowest BCUT2D eigenvalue weighted by atomic mass is 10.0. The quantitative estimate of drug-likeness (QED) is 0.510. The van der Waals surface area contributed by atoms with Crippen molar-refractivity contribution in [3.63, 3.8) is 0 Å². The fourth-order valence-corrected chi connectivity index (χ4v) is 3.16. The molecular weight excluding hydrogens is 400 g/mol. The minimum Gasteiger partial charge on any atom is -0.492 e. The third-order valence-corrected chi connectivity index (χ3v) is 4.94. The molecule has 3 aromatic rings. The topological polar surface area (TPSA) is 67.4 Å².